The van der Waals surface area contributed by atoms with Crippen LogP contribution in [0.25, 0.3) is 0 Å². The second-order valence-electron chi connectivity index (χ2n) is 2.79. The lowest BCUT2D eigenvalue weighted by Gasteiger charge is -2.02. The molecular formula is C8H18S2. The average molecular weight is 178 g/mol. The van der Waals surface area contributed by atoms with Gasteiger partial charge in [-0.25, -0.2) is 0 Å². The zero-order chi connectivity index (χ0) is 7.82. The molecule has 0 unspecified atom stereocenters. The van der Waals surface area contributed by atoms with Crippen molar-refractivity contribution in [3.63, 3.8) is 0 Å². The molecule has 0 fully saturated rings. The summed E-state index contributed by atoms with van der Waals surface area (Å²) >= 11 is 4.12. The second kappa shape index (κ2) is 7.80. The van der Waals surface area contributed by atoms with E-state index >= 15 is 0 Å². The van der Waals surface area contributed by atoms with Gasteiger partial charge in [0.25, 0.3) is 0 Å². The Bertz CT molecular complexity index is 62.3. The molecule has 0 N–H and O–H groups in total. The summed E-state index contributed by atoms with van der Waals surface area (Å²) in [5.74, 6) is 3.49. The molecule has 0 atom stereocenters. The van der Waals surface area contributed by atoms with Crippen LogP contribution in [-0.4, -0.2) is 16.6 Å². The van der Waals surface area contributed by atoms with Gasteiger partial charge in [0.2, 0.25) is 0 Å². The normalized spacial score (nSPS) is 10.8. The summed E-state index contributed by atoms with van der Waals surface area (Å²) in [6.45, 7) is 6.79. The Balaban J connectivity index is 2.77. The van der Waals surface area contributed by atoms with Gasteiger partial charge in [-0.3, -0.25) is 0 Å². The van der Waals surface area contributed by atoms with Crippen molar-refractivity contribution in [2.24, 2.45) is 5.92 Å². The lowest BCUT2D eigenvalue weighted by atomic mass is 10.3. The third-order valence-corrected chi connectivity index (χ3v) is 3.90. The van der Waals surface area contributed by atoms with Crippen molar-refractivity contribution in [1.29, 1.82) is 0 Å². The molecule has 0 aromatic rings. The first-order chi connectivity index (χ1) is 4.77. The van der Waals surface area contributed by atoms with Gasteiger partial charge in [-0.05, 0) is 23.8 Å². The van der Waals surface area contributed by atoms with E-state index in [2.05, 4.69) is 44.3 Å². The lowest BCUT2D eigenvalue weighted by Crippen LogP contribution is -1.90. The Hall–Kier alpha value is 0.700. The van der Waals surface area contributed by atoms with E-state index in [0.29, 0.717) is 0 Å². The Kier molecular flexibility index (Phi) is 8.35. The molecule has 0 aliphatic rings. The summed E-state index contributed by atoms with van der Waals surface area (Å²) in [6, 6.07) is 0. The first-order valence-electron chi connectivity index (χ1n) is 3.92. The van der Waals surface area contributed by atoms with Crippen LogP contribution in [0.1, 0.15) is 27.2 Å². The SMILES string of the molecule is CCCSCSCC(C)C. The van der Waals surface area contributed by atoms with Gasteiger partial charge in [0, 0.05) is 5.08 Å². The van der Waals surface area contributed by atoms with Gasteiger partial charge in [-0.1, -0.05) is 20.8 Å². The molecule has 0 aliphatic carbocycles. The smallest absolute Gasteiger partial charge is 0.0392 e. The molecule has 2 heteroatoms. The molecule has 0 bridgehead atoms. The largest absolute Gasteiger partial charge is 0.151 e. The van der Waals surface area contributed by atoms with Crippen molar-refractivity contribution >= 4 is 23.5 Å². The lowest BCUT2D eigenvalue weighted by molar-refractivity contribution is 0.751. The molecule has 0 radical (unpaired) electrons. The van der Waals surface area contributed by atoms with Crippen molar-refractivity contribution in [2.45, 2.75) is 27.2 Å². The zero-order valence-electron chi connectivity index (χ0n) is 7.22. The fourth-order valence-electron chi connectivity index (χ4n) is 0.546. The summed E-state index contributed by atoms with van der Waals surface area (Å²) < 4.78 is 0. The van der Waals surface area contributed by atoms with Gasteiger partial charge in [-0.2, -0.15) is 23.5 Å². The highest BCUT2D eigenvalue weighted by Crippen LogP contribution is 2.15. The molecule has 0 heterocycles. The number of thioether (sulfide) groups is 2. The molecular weight excluding hydrogens is 160 g/mol. The Morgan fingerprint density at radius 3 is 2.40 bits per heavy atom. The summed E-state index contributed by atoms with van der Waals surface area (Å²) in [6.07, 6.45) is 1.31. The average Bonchev–Trinajstić information content (AvgIpc) is 1.87. The van der Waals surface area contributed by atoms with Crippen LogP contribution in [0.5, 0.6) is 0 Å². The van der Waals surface area contributed by atoms with E-state index in [1.165, 1.54) is 23.0 Å². The standard InChI is InChI=1S/C8H18S2/c1-4-5-9-7-10-6-8(2)3/h8H,4-7H2,1-3H3. The minimum atomic E-state index is 0.854. The third kappa shape index (κ3) is 8.70. The van der Waals surface area contributed by atoms with Crippen LogP contribution in [0.4, 0.5) is 0 Å². The van der Waals surface area contributed by atoms with E-state index in [1.54, 1.807) is 0 Å². The van der Waals surface area contributed by atoms with Gasteiger partial charge in [-0.15, -0.1) is 0 Å². The van der Waals surface area contributed by atoms with Crippen LogP contribution in [0.2, 0.25) is 0 Å². The van der Waals surface area contributed by atoms with E-state index in [9.17, 15) is 0 Å². The quantitative estimate of drug-likeness (QED) is 0.451. The van der Waals surface area contributed by atoms with E-state index in [4.69, 9.17) is 0 Å². The Labute approximate surface area is 73.5 Å². The van der Waals surface area contributed by atoms with Crippen molar-refractivity contribution < 1.29 is 0 Å². The number of hydrogen-bond donors (Lipinski definition) is 0. The minimum Gasteiger partial charge on any atom is -0.151 e. The summed E-state index contributed by atoms with van der Waals surface area (Å²) in [5, 5.41) is 1.28. The second-order valence-corrected chi connectivity index (χ2v) is 5.29. The molecule has 0 nitrogen and oxygen atoms in total. The monoisotopic (exact) mass is 178 g/mol. The Morgan fingerprint density at radius 1 is 1.20 bits per heavy atom. The summed E-state index contributed by atoms with van der Waals surface area (Å²) in [4.78, 5) is 0. The van der Waals surface area contributed by atoms with Crippen LogP contribution in [-0.2, 0) is 0 Å². The van der Waals surface area contributed by atoms with Crippen molar-refractivity contribution in [1.82, 2.24) is 0 Å². The predicted octanol–water partition coefficient (Wildman–Crippen LogP) is 3.48. The molecule has 10 heavy (non-hydrogen) atoms. The molecule has 0 aliphatic heterocycles. The van der Waals surface area contributed by atoms with Crippen molar-refractivity contribution in [3.8, 4) is 0 Å². The highest BCUT2D eigenvalue weighted by Gasteiger charge is 1.92. The van der Waals surface area contributed by atoms with E-state index in [-0.39, 0.29) is 0 Å². The van der Waals surface area contributed by atoms with E-state index in [0.717, 1.165) is 5.92 Å². The molecule has 0 saturated heterocycles. The third-order valence-electron chi connectivity index (χ3n) is 0.966. The van der Waals surface area contributed by atoms with Crippen molar-refractivity contribution in [2.75, 3.05) is 16.6 Å². The van der Waals surface area contributed by atoms with Crippen molar-refractivity contribution in [3.05, 3.63) is 0 Å². The summed E-state index contributed by atoms with van der Waals surface area (Å²) in [7, 11) is 0. The number of rotatable bonds is 6. The van der Waals surface area contributed by atoms with Gasteiger partial charge in [0.15, 0.2) is 0 Å². The fourth-order valence-corrected chi connectivity index (χ4v) is 2.63. The van der Waals surface area contributed by atoms with Crippen LogP contribution in [0.15, 0.2) is 0 Å². The van der Waals surface area contributed by atoms with Crippen LogP contribution >= 0.6 is 23.5 Å². The molecule has 62 valence electrons. The minimum absolute atomic E-state index is 0.854. The molecule has 0 spiro atoms. The zero-order valence-corrected chi connectivity index (χ0v) is 8.86. The van der Waals surface area contributed by atoms with Gasteiger partial charge in [0.05, 0.1) is 0 Å². The van der Waals surface area contributed by atoms with Crippen LogP contribution in [0.3, 0.4) is 0 Å². The van der Waals surface area contributed by atoms with Gasteiger partial charge in [0.1, 0.15) is 0 Å². The van der Waals surface area contributed by atoms with Gasteiger partial charge >= 0.3 is 0 Å². The first kappa shape index (κ1) is 10.7. The topological polar surface area (TPSA) is 0 Å². The van der Waals surface area contributed by atoms with E-state index < -0.39 is 0 Å². The highest BCUT2D eigenvalue weighted by molar-refractivity contribution is 8.15. The summed E-state index contributed by atoms with van der Waals surface area (Å²) in [5.41, 5.74) is 0. The number of hydrogen-bond acceptors (Lipinski definition) is 2. The highest BCUT2D eigenvalue weighted by atomic mass is 32.2. The maximum absolute atomic E-state index is 2.28. The van der Waals surface area contributed by atoms with Crippen LogP contribution in [0, 0.1) is 5.92 Å². The Morgan fingerprint density at radius 2 is 1.90 bits per heavy atom. The van der Waals surface area contributed by atoms with Crippen LogP contribution < -0.4 is 0 Å². The fraction of sp³-hybridized carbons (Fsp3) is 1.00. The van der Waals surface area contributed by atoms with Gasteiger partial charge < -0.3 is 0 Å². The molecule has 0 rings (SSSR count). The predicted molar refractivity (Wildman–Crippen MR) is 54.9 cm³/mol. The molecule has 0 aromatic carbocycles. The molecule has 0 aromatic heterocycles. The molecule has 0 amide bonds. The molecule has 0 saturated carbocycles. The maximum atomic E-state index is 2.28. The first-order valence-corrected chi connectivity index (χ1v) is 6.23. The maximum Gasteiger partial charge on any atom is 0.0392 e. The van der Waals surface area contributed by atoms with E-state index in [1.807, 2.05) is 0 Å².